The van der Waals surface area contributed by atoms with E-state index in [0.29, 0.717) is 52.9 Å². The van der Waals surface area contributed by atoms with Crippen molar-refractivity contribution in [2.24, 2.45) is 4.40 Å². The van der Waals surface area contributed by atoms with E-state index in [0.717, 1.165) is 23.0 Å². The minimum absolute atomic E-state index is 0.323. The van der Waals surface area contributed by atoms with Crippen LogP contribution in [0, 0.1) is 0 Å². The number of nitrogens with one attached hydrogen (secondary N) is 1. The number of amidine groups is 1. The van der Waals surface area contributed by atoms with Crippen LogP contribution in [-0.4, -0.2) is 39.6 Å². The first-order chi connectivity index (χ1) is 15.5. The average Bonchev–Trinajstić information content (AvgIpc) is 3.17. The molecule has 0 spiro atoms. The van der Waals surface area contributed by atoms with Crippen molar-refractivity contribution >= 4 is 50.7 Å². The largest absolute Gasteiger partial charge is 0.489 e. The molecule has 1 N–H and O–H groups in total. The highest BCUT2D eigenvalue weighted by molar-refractivity contribution is 7.89. The quantitative estimate of drug-likeness (QED) is 0.429. The molecule has 0 unspecified atom stereocenters. The third kappa shape index (κ3) is 6.79. The number of halogens is 3. The van der Waals surface area contributed by atoms with Crippen molar-refractivity contribution in [3.63, 3.8) is 0 Å². The van der Waals surface area contributed by atoms with Crippen LogP contribution >= 0.6 is 34.8 Å². The van der Waals surface area contributed by atoms with Gasteiger partial charge >= 0.3 is 0 Å². The molecule has 0 fully saturated rings. The fraction of sp³-hybridized carbons (Fsp3) is 0.348. The Hall–Kier alpha value is -1.93. The van der Waals surface area contributed by atoms with E-state index in [1.165, 1.54) is 0 Å². The van der Waals surface area contributed by atoms with Gasteiger partial charge in [-0.15, -0.1) is 11.6 Å². The average molecular weight is 532 g/mol. The van der Waals surface area contributed by atoms with Crippen LogP contribution < -0.4 is 14.8 Å². The van der Waals surface area contributed by atoms with Gasteiger partial charge in [-0.25, -0.2) is 8.42 Å². The summed E-state index contributed by atoms with van der Waals surface area (Å²) in [5.74, 6) is 1.87. The summed E-state index contributed by atoms with van der Waals surface area (Å²) in [6.07, 6.45) is 3.19. The molecule has 6 nitrogen and oxygen atoms in total. The Morgan fingerprint density at radius 2 is 1.70 bits per heavy atom. The van der Waals surface area contributed by atoms with Crippen molar-refractivity contribution < 1.29 is 17.9 Å². The minimum atomic E-state index is -3.43. The summed E-state index contributed by atoms with van der Waals surface area (Å²) in [6.45, 7) is 4.82. The van der Waals surface area contributed by atoms with Gasteiger partial charge < -0.3 is 14.8 Å². The second kappa shape index (κ2) is 10.6. The van der Waals surface area contributed by atoms with Crippen LogP contribution in [0.4, 0.5) is 0 Å². The molecule has 178 valence electrons. The Bertz CT molecular complexity index is 1150. The Balaban J connectivity index is 1.68. The maximum atomic E-state index is 11.3. The second-order valence-electron chi connectivity index (χ2n) is 8.14. The summed E-state index contributed by atoms with van der Waals surface area (Å²) in [6, 6.07) is 11.5. The Morgan fingerprint density at radius 1 is 1.06 bits per heavy atom. The highest BCUT2D eigenvalue weighted by Gasteiger charge is 2.26. The lowest BCUT2D eigenvalue weighted by Gasteiger charge is -2.27. The number of ether oxygens (including phenoxy) is 2. The molecule has 2 aromatic carbocycles. The van der Waals surface area contributed by atoms with E-state index in [1.807, 2.05) is 36.4 Å². The minimum Gasteiger partial charge on any atom is -0.489 e. The molecular weight excluding hydrogens is 507 g/mol. The lowest BCUT2D eigenvalue weighted by Crippen LogP contribution is -2.19. The van der Waals surface area contributed by atoms with E-state index in [-0.39, 0.29) is 5.41 Å². The predicted octanol–water partition coefficient (Wildman–Crippen LogP) is 5.55. The van der Waals surface area contributed by atoms with Gasteiger partial charge in [-0.1, -0.05) is 49.2 Å². The topological polar surface area (TPSA) is 77.0 Å². The van der Waals surface area contributed by atoms with Crippen molar-refractivity contribution in [2.75, 3.05) is 25.3 Å². The van der Waals surface area contributed by atoms with Gasteiger partial charge in [-0.05, 0) is 41.0 Å². The van der Waals surface area contributed by atoms with E-state index in [9.17, 15) is 8.42 Å². The molecule has 1 aliphatic heterocycles. The van der Waals surface area contributed by atoms with E-state index in [4.69, 9.17) is 44.3 Å². The summed E-state index contributed by atoms with van der Waals surface area (Å²) >= 11 is 18.5. The first kappa shape index (κ1) is 25.7. The zero-order valence-electron chi connectivity index (χ0n) is 18.5. The number of sulfonamides is 1. The van der Waals surface area contributed by atoms with Crippen molar-refractivity contribution in [2.45, 2.75) is 25.7 Å². The SMILES string of the molecule is CC(C)(c1ccc(OCC2=CNC(=NS(C)(=O)=O)C2)cc1)c1cc(Cl)c(OCCCl)c(Cl)c1. The standard InChI is InChI=1S/C23H25Cl3N2O4S/c1-23(2,17-11-19(25)22(20(26)12-17)31-9-8-24)16-4-6-18(7-5-16)32-14-15-10-21(27-13-15)28-33(3,29)30/h4-7,11-13H,8-10,14H2,1-3H3,(H,27,28). The van der Waals surface area contributed by atoms with Gasteiger partial charge in [0.1, 0.15) is 24.8 Å². The summed E-state index contributed by atoms with van der Waals surface area (Å²) < 4.78 is 37.6. The van der Waals surface area contributed by atoms with Gasteiger partial charge in [0.15, 0.2) is 5.75 Å². The normalized spacial score (nSPS) is 15.3. The highest BCUT2D eigenvalue weighted by atomic mass is 35.5. The first-order valence-corrected chi connectivity index (χ1v) is 13.3. The van der Waals surface area contributed by atoms with Crippen molar-refractivity contribution in [1.29, 1.82) is 0 Å². The van der Waals surface area contributed by atoms with Crippen LogP contribution in [0.2, 0.25) is 10.0 Å². The number of hydrogen-bond donors (Lipinski definition) is 1. The van der Waals surface area contributed by atoms with Crippen LogP contribution in [0.25, 0.3) is 0 Å². The lowest BCUT2D eigenvalue weighted by atomic mass is 9.78. The number of nitrogens with zero attached hydrogens (tertiary/aromatic N) is 1. The van der Waals surface area contributed by atoms with Crippen molar-refractivity contribution in [3.8, 4) is 11.5 Å². The Labute approximate surface area is 209 Å². The predicted molar refractivity (Wildman–Crippen MR) is 135 cm³/mol. The third-order valence-corrected chi connectivity index (χ3v) is 6.43. The molecule has 0 radical (unpaired) electrons. The molecular formula is C23H25Cl3N2O4S. The van der Waals surface area contributed by atoms with Gasteiger partial charge in [-0.3, -0.25) is 0 Å². The second-order valence-corrected chi connectivity index (χ2v) is 11.0. The first-order valence-electron chi connectivity index (χ1n) is 10.1. The van der Waals surface area contributed by atoms with Gasteiger partial charge in [-0.2, -0.15) is 4.40 Å². The van der Waals surface area contributed by atoms with Gasteiger partial charge in [0.25, 0.3) is 10.0 Å². The molecule has 1 aliphatic rings. The highest BCUT2D eigenvalue weighted by Crippen LogP contribution is 2.40. The van der Waals surface area contributed by atoms with Gasteiger partial charge in [0, 0.05) is 18.0 Å². The van der Waals surface area contributed by atoms with E-state index in [2.05, 4.69) is 23.6 Å². The summed E-state index contributed by atoms with van der Waals surface area (Å²) in [5, 5.41) is 3.74. The van der Waals surface area contributed by atoms with Crippen LogP contribution in [0.5, 0.6) is 11.5 Å². The van der Waals surface area contributed by atoms with E-state index < -0.39 is 10.0 Å². The number of alkyl halides is 1. The summed E-state index contributed by atoms with van der Waals surface area (Å²) in [7, 11) is -3.43. The van der Waals surface area contributed by atoms with E-state index >= 15 is 0 Å². The van der Waals surface area contributed by atoms with E-state index in [1.54, 1.807) is 6.20 Å². The van der Waals surface area contributed by atoms with Gasteiger partial charge in [0.05, 0.1) is 22.2 Å². The molecule has 0 amide bonds. The summed E-state index contributed by atoms with van der Waals surface area (Å²) in [4.78, 5) is 0. The zero-order valence-corrected chi connectivity index (χ0v) is 21.6. The van der Waals surface area contributed by atoms with Crippen molar-refractivity contribution in [3.05, 3.63) is 69.3 Å². The number of hydrogen-bond acceptors (Lipinski definition) is 4. The molecule has 1 heterocycles. The molecule has 3 rings (SSSR count). The molecule has 2 aromatic rings. The lowest BCUT2D eigenvalue weighted by molar-refractivity contribution is 0.343. The Kier molecular flexibility index (Phi) is 8.22. The molecule has 33 heavy (non-hydrogen) atoms. The maximum Gasteiger partial charge on any atom is 0.251 e. The molecule has 10 heteroatoms. The maximum absolute atomic E-state index is 11.3. The molecule has 0 saturated carbocycles. The fourth-order valence-corrected chi connectivity index (χ4v) is 4.55. The van der Waals surface area contributed by atoms with Gasteiger partial charge in [0.2, 0.25) is 0 Å². The molecule has 0 atom stereocenters. The van der Waals surface area contributed by atoms with Crippen LogP contribution in [0.15, 0.2) is 52.6 Å². The van der Waals surface area contributed by atoms with Crippen molar-refractivity contribution in [1.82, 2.24) is 5.32 Å². The molecule has 0 saturated heterocycles. The molecule has 0 bridgehead atoms. The smallest absolute Gasteiger partial charge is 0.251 e. The number of rotatable bonds is 9. The van der Waals surface area contributed by atoms with Crippen LogP contribution in [0.3, 0.4) is 0 Å². The summed E-state index contributed by atoms with van der Waals surface area (Å²) in [5.41, 5.74) is 2.54. The monoisotopic (exact) mass is 530 g/mol. The fourth-order valence-electron chi connectivity index (χ4n) is 3.36. The zero-order chi connectivity index (χ0) is 24.2. The molecule has 0 aliphatic carbocycles. The van der Waals surface area contributed by atoms with Crippen LogP contribution in [0.1, 0.15) is 31.4 Å². The third-order valence-electron chi connectivity index (χ3n) is 5.16. The molecule has 0 aromatic heterocycles. The Morgan fingerprint density at radius 3 is 2.27 bits per heavy atom. The number of benzene rings is 2. The van der Waals surface area contributed by atoms with Crippen LogP contribution in [-0.2, 0) is 15.4 Å².